The first-order valence-electron chi connectivity index (χ1n) is 5.73. The van der Waals surface area contributed by atoms with E-state index < -0.39 is 0 Å². The van der Waals surface area contributed by atoms with Crippen molar-refractivity contribution in [3.63, 3.8) is 0 Å². The third kappa shape index (κ3) is 2.22. The van der Waals surface area contributed by atoms with Gasteiger partial charge in [-0.1, -0.05) is 0 Å². The molecule has 0 amide bonds. The smallest absolute Gasteiger partial charge is 0.149 e. The van der Waals surface area contributed by atoms with Crippen LogP contribution in [-0.4, -0.2) is 53.7 Å². The number of carbonyl (C=O) groups excluding carboxylic acids is 1. The summed E-state index contributed by atoms with van der Waals surface area (Å²) < 4.78 is 5.46. The lowest BCUT2D eigenvalue weighted by molar-refractivity contribution is -0.130. The van der Waals surface area contributed by atoms with Crippen LogP contribution in [0, 0.1) is 0 Å². The van der Waals surface area contributed by atoms with Crippen LogP contribution in [0.1, 0.15) is 26.2 Å². The number of nitrogens with zero attached hydrogens (tertiary/aromatic N) is 1. The number of morpholine rings is 1. The van der Waals surface area contributed by atoms with Crippen molar-refractivity contribution in [1.29, 1.82) is 0 Å². The summed E-state index contributed by atoms with van der Waals surface area (Å²) in [5.41, 5.74) is 0. The Balaban J connectivity index is 2.01. The number of aliphatic hydroxyl groups excluding tert-OH is 1. The van der Waals surface area contributed by atoms with Crippen LogP contribution in [-0.2, 0) is 9.53 Å². The molecule has 0 aromatic carbocycles. The van der Waals surface area contributed by atoms with E-state index in [1.165, 1.54) is 0 Å². The summed E-state index contributed by atoms with van der Waals surface area (Å²) >= 11 is 0. The molecule has 1 saturated carbocycles. The van der Waals surface area contributed by atoms with Crippen molar-refractivity contribution < 1.29 is 14.6 Å². The molecule has 1 aliphatic heterocycles. The Kier molecular flexibility index (Phi) is 3.38. The largest absolute Gasteiger partial charge is 0.394 e. The minimum absolute atomic E-state index is 0.0458. The van der Waals surface area contributed by atoms with Crippen LogP contribution in [0.2, 0.25) is 0 Å². The average molecular weight is 213 g/mol. The quantitative estimate of drug-likeness (QED) is 0.711. The Morgan fingerprint density at radius 3 is 3.00 bits per heavy atom. The number of Topliss-reactive ketones (excluding diaryl/α,β-unsaturated/α-hetero) is 1. The molecule has 0 spiro atoms. The van der Waals surface area contributed by atoms with Gasteiger partial charge in [-0.25, -0.2) is 0 Å². The normalized spacial score (nSPS) is 38.5. The van der Waals surface area contributed by atoms with Gasteiger partial charge in [-0.15, -0.1) is 0 Å². The van der Waals surface area contributed by atoms with Crippen LogP contribution >= 0.6 is 0 Å². The van der Waals surface area contributed by atoms with Crippen molar-refractivity contribution in [2.24, 2.45) is 0 Å². The fraction of sp³-hybridized carbons (Fsp3) is 0.909. The predicted molar refractivity (Wildman–Crippen MR) is 55.6 cm³/mol. The zero-order chi connectivity index (χ0) is 10.8. The number of hydrogen-bond donors (Lipinski definition) is 1. The van der Waals surface area contributed by atoms with E-state index >= 15 is 0 Å². The summed E-state index contributed by atoms with van der Waals surface area (Å²) in [5.74, 6) is 0.362. The Labute approximate surface area is 90.2 Å². The van der Waals surface area contributed by atoms with E-state index in [0.717, 1.165) is 19.3 Å². The zero-order valence-electron chi connectivity index (χ0n) is 9.19. The van der Waals surface area contributed by atoms with Gasteiger partial charge in [0, 0.05) is 19.0 Å². The average Bonchev–Trinajstić information content (AvgIpc) is 2.65. The highest BCUT2D eigenvalue weighted by Crippen LogP contribution is 2.24. The molecular formula is C11H19NO3. The number of rotatable bonds is 2. The summed E-state index contributed by atoms with van der Waals surface area (Å²) in [7, 11) is 0. The van der Waals surface area contributed by atoms with Gasteiger partial charge >= 0.3 is 0 Å². The van der Waals surface area contributed by atoms with Crippen molar-refractivity contribution in [3.8, 4) is 0 Å². The van der Waals surface area contributed by atoms with Crippen molar-refractivity contribution in [2.75, 3.05) is 19.8 Å². The van der Waals surface area contributed by atoms with Crippen molar-refractivity contribution in [1.82, 2.24) is 4.90 Å². The highest BCUT2D eigenvalue weighted by Gasteiger charge is 2.36. The lowest BCUT2D eigenvalue weighted by Gasteiger charge is -2.40. The highest BCUT2D eigenvalue weighted by molar-refractivity contribution is 5.85. The molecule has 0 aromatic rings. The molecule has 2 rings (SSSR count). The Hall–Kier alpha value is -0.450. The molecule has 15 heavy (non-hydrogen) atoms. The van der Waals surface area contributed by atoms with E-state index in [2.05, 4.69) is 11.8 Å². The number of aliphatic hydroxyl groups is 1. The maximum Gasteiger partial charge on any atom is 0.149 e. The van der Waals surface area contributed by atoms with Crippen LogP contribution in [0.25, 0.3) is 0 Å². The van der Waals surface area contributed by atoms with Crippen molar-refractivity contribution in [3.05, 3.63) is 0 Å². The lowest BCUT2D eigenvalue weighted by atomic mass is 10.1. The van der Waals surface area contributed by atoms with E-state index in [-0.39, 0.29) is 18.8 Å². The molecule has 3 atom stereocenters. The van der Waals surface area contributed by atoms with E-state index in [4.69, 9.17) is 9.84 Å². The highest BCUT2D eigenvalue weighted by atomic mass is 16.5. The minimum Gasteiger partial charge on any atom is -0.394 e. The van der Waals surface area contributed by atoms with Crippen LogP contribution in [0.4, 0.5) is 0 Å². The van der Waals surface area contributed by atoms with Gasteiger partial charge in [-0.3, -0.25) is 9.69 Å². The maximum atomic E-state index is 11.7. The first-order chi connectivity index (χ1) is 7.22. The molecule has 1 saturated heterocycles. The monoisotopic (exact) mass is 213 g/mol. The van der Waals surface area contributed by atoms with Crippen LogP contribution in [0.3, 0.4) is 0 Å². The van der Waals surface area contributed by atoms with Gasteiger partial charge in [-0.05, 0) is 19.8 Å². The van der Waals surface area contributed by atoms with Gasteiger partial charge in [0.15, 0.2) is 0 Å². The molecule has 2 aliphatic rings. The van der Waals surface area contributed by atoms with E-state index in [0.29, 0.717) is 25.0 Å². The second-order valence-electron chi connectivity index (χ2n) is 4.56. The van der Waals surface area contributed by atoms with Gasteiger partial charge in [0.25, 0.3) is 0 Å². The Bertz CT molecular complexity index is 244. The van der Waals surface area contributed by atoms with Crippen molar-refractivity contribution >= 4 is 5.78 Å². The SMILES string of the molecule is CC1COC(CO)CN1C1CCCC1=O. The van der Waals surface area contributed by atoms with Gasteiger partial charge in [0.1, 0.15) is 5.78 Å². The zero-order valence-corrected chi connectivity index (χ0v) is 9.19. The standard InChI is InChI=1S/C11H19NO3/c1-8-7-15-9(6-13)5-12(8)10-3-2-4-11(10)14/h8-10,13H,2-7H2,1H3. The van der Waals surface area contributed by atoms with E-state index in [1.54, 1.807) is 0 Å². The van der Waals surface area contributed by atoms with Gasteiger partial charge in [0.2, 0.25) is 0 Å². The third-order valence-corrected chi connectivity index (χ3v) is 3.43. The number of carbonyl (C=O) groups is 1. The first kappa shape index (κ1) is 11.0. The van der Waals surface area contributed by atoms with Gasteiger partial charge in [-0.2, -0.15) is 0 Å². The number of ketones is 1. The molecule has 86 valence electrons. The Morgan fingerprint density at radius 1 is 1.60 bits per heavy atom. The molecule has 1 heterocycles. The second-order valence-corrected chi connectivity index (χ2v) is 4.56. The van der Waals surface area contributed by atoms with Gasteiger partial charge < -0.3 is 9.84 Å². The maximum absolute atomic E-state index is 11.7. The van der Waals surface area contributed by atoms with Gasteiger partial charge in [0.05, 0.1) is 25.4 Å². The summed E-state index contributed by atoms with van der Waals surface area (Å²) in [5, 5.41) is 9.07. The van der Waals surface area contributed by atoms with E-state index in [9.17, 15) is 4.79 Å². The summed E-state index contributed by atoms with van der Waals surface area (Å²) in [6.07, 6.45) is 2.59. The van der Waals surface area contributed by atoms with Crippen LogP contribution < -0.4 is 0 Å². The molecule has 1 aliphatic carbocycles. The number of hydrogen-bond acceptors (Lipinski definition) is 4. The predicted octanol–water partition coefficient (Wildman–Crippen LogP) is 0.190. The Morgan fingerprint density at radius 2 is 2.40 bits per heavy atom. The third-order valence-electron chi connectivity index (χ3n) is 3.43. The molecule has 4 heteroatoms. The van der Waals surface area contributed by atoms with E-state index in [1.807, 2.05) is 0 Å². The molecule has 2 fully saturated rings. The fourth-order valence-corrected chi connectivity index (χ4v) is 2.53. The minimum atomic E-state index is -0.116. The van der Waals surface area contributed by atoms with Crippen LogP contribution in [0.5, 0.6) is 0 Å². The molecular weight excluding hydrogens is 194 g/mol. The lowest BCUT2D eigenvalue weighted by Crippen LogP contribution is -2.54. The van der Waals surface area contributed by atoms with Crippen molar-refractivity contribution in [2.45, 2.75) is 44.4 Å². The topological polar surface area (TPSA) is 49.8 Å². The summed E-state index contributed by atoms with van der Waals surface area (Å²) in [6.45, 7) is 3.44. The fourth-order valence-electron chi connectivity index (χ4n) is 2.53. The molecule has 0 radical (unpaired) electrons. The number of ether oxygens (including phenoxy) is 1. The summed E-state index contributed by atoms with van der Waals surface area (Å²) in [4.78, 5) is 13.9. The first-order valence-corrected chi connectivity index (χ1v) is 5.73. The molecule has 1 N–H and O–H groups in total. The molecule has 4 nitrogen and oxygen atoms in total. The second kappa shape index (κ2) is 4.60. The molecule has 3 unspecified atom stereocenters. The summed E-state index contributed by atoms with van der Waals surface area (Å²) in [6, 6.07) is 0.373. The molecule has 0 aromatic heterocycles. The molecule has 0 bridgehead atoms. The van der Waals surface area contributed by atoms with Crippen LogP contribution in [0.15, 0.2) is 0 Å².